The molecule has 0 unspecified atom stereocenters. The normalized spacial score (nSPS) is 10.4. The number of hydrogen-bond donors (Lipinski definition) is 0. The van der Waals surface area contributed by atoms with E-state index >= 15 is 0 Å². The Morgan fingerprint density at radius 3 is 1.00 bits per heavy atom. The zero-order chi connectivity index (χ0) is 9.33. The van der Waals surface area contributed by atoms with Crippen molar-refractivity contribution in [3.05, 3.63) is 0 Å². The molecule has 11 heavy (non-hydrogen) atoms. The highest BCUT2D eigenvalue weighted by molar-refractivity contribution is 4.47. The van der Waals surface area contributed by atoms with Gasteiger partial charge < -0.3 is 0 Å². The summed E-state index contributed by atoms with van der Waals surface area (Å²) in [7, 11) is 0. The van der Waals surface area contributed by atoms with E-state index in [2.05, 4.69) is 41.5 Å². The van der Waals surface area contributed by atoms with Crippen LogP contribution in [0, 0.1) is 5.41 Å². The maximum absolute atomic E-state index is 2.23. The molecule has 0 heteroatoms. The van der Waals surface area contributed by atoms with Gasteiger partial charge >= 0.3 is 0 Å². The molecule has 0 aliphatic rings. The van der Waals surface area contributed by atoms with Crippen molar-refractivity contribution in [2.45, 2.75) is 67.2 Å². The van der Waals surface area contributed by atoms with Crippen molar-refractivity contribution >= 4 is 0 Å². The van der Waals surface area contributed by atoms with Gasteiger partial charge in [-0.1, -0.05) is 67.2 Å². The summed E-state index contributed by atoms with van der Waals surface area (Å²) in [6.07, 6.45) is 5.54. The Kier molecular flexibility index (Phi) is 10.0. The maximum Gasteiger partial charge on any atom is -0.0411 e. The van der Waals surface area contributed by atoms with Gasteiger partial charge in [-0.05, 0) is 5.41 Å². The van der Waals surface area contributed by atoms with Crippen LogP contribution in [-0.2, 0) is 0 Å². The molecule has 0 aliphatic carbocycles. The molecule has 0 aromatic heterocycles. The maximum atomic E-state index is 2.23. The molecule has 0 nitrogen and oxygen atoms in total. The summed E-state index contributed by atoms with van der Waals surface area (Å²) >= 11 is 0. The van der Waals surface area contributed by atoms with Crippen LogP contribution in [-0.4, -0.2) is 0 Å². The van der Waals surface area contributed by atoms with E-state index in [4.69, 9.17) is 0 Å². The Balaban J connectivity index is 0. The second-order valence-corrected chi connectivity index (χ2v) is 4.71. The van der Waals surface area contributed by atoms with Gasteiger partial charge in [-0.25, -0.2) is 0 Å². The molecule has 0 heterocycles. The third kappa shape index (κ3) is 71.1. The third-order valence-electron chi connectivity index (χ3n) is 0.957. The van der Waals surface area contributed by atoms with Crippen LogP contribution in [0.2, 0.25) is 0 Å². The van der Waals surface area contributed by atoms with Crippen molar-refractivity contribution in [3.63, 3.8) is 0 Å². The zero-order valence-electron chi connectivity index (χ0n) is 9.33. The minimum Gasteiger partial charge on any atom is -0.0654 e. The van der Waals surface area contributed by atoms with Gasteiger partial charge in [0.15, 0.2) is 0 Å². The van der Waals surface area contributed by atoms with E-state index in [-0.39, 0.29) is 0 Å². The standard InChI is InChI=1S/C6H14.C5H12/c1-3-5-6-4-2;1-5(2,3)4/h3-6H2,1-2H3;1-4H3. The van der Waals surface area contributed by atoms with Crippen LogP contribution in [0.4, 0.5) is 0 Å². The predicted molar refractivity (Wildman–Crippen MR) is 54.9 cm³/mol. The molecule has 0 rings (SSSR count). The smallest absolute Gasteiger partial charge is 0.0411 e. The quantitative estimate of drug-likeness (QED) is 0.525. The average Bonchev–Trinajstić information content (AvgIpc) is 1.79. The van der Waals surface area contributed by atoms with Crippen LogP contribution in [0.3, 0.4) is 0 Å². The van der Waals surface area contributed by atoms with Crippen molar-refractivity contribution in [1.29, 1.82) is 0 Å². The second kappa shape index (κ2) is 8.10. The molecule has 0 N–H and O–H groups in total. The van der Waals surface area contributed by atoms with Crippen LogP contribution in [0.25, 0.3) is 0 Å². The van der Waals surface area contributed by atoms with Crippen LogP contribution in [0.1, 0.15) is 67.2 Å². The first-order chi connectivity index (χ1) is 4.91. The summed E-state index contributed by atoms with van der Waals surface area (Å²) in [4.78, 5) is 0. The average molecular weight is 158 g/mol. The van der Waals surface area contributed by atoms with Crippen molar-refractivity contribution < 1.29 is 0 Å². The minimum absolute atomic E-state index is 0.500. The van der Waals surface area contributed by atoms with Crippen molar-refractivity contribution in [2.75, 3.05) is 0 Å². The first-order valence-corrected chi connectivity index (χ1v) is 4.91. The number of hydrogen-bond acceptors (Lipinski definition) is 0. The Morgan fingerprint density at radius 2 is 0.909 bits per heavy atom. The Bertz CT molecular complexity index is 46.9. The lowest BCUT2D eigenvalue weighted by Gasteiger charge is -2.05. The SMILES string of the molecule is CC(C)(C)C.CCCCCC. The molecule has 0 amide bonds. The molecule has 0 aromatic rings. The van der Waals surface area contributed by atoms with Gasteiger partial charge in [0.05, 0.1) is 0 Å². The minimum atomic E-state index is 0.500. The van der Waals surface area contributed by atoms with Gasteiger partial charge in [0.25, 0.3) is 0 Å². The van der Waals surface area contributed by atoms with Crippen molar-refractivity contribution in [1.82, 2.24) is 0 Å². The number of rotatable bonds is 3. The van der Waals surface area contributed by atoms with Gasteiger partial charge in [0, 0.05) is 0 Å². The lowest BCUT2D eigenvalue weighted by Crippen LogP contribution is -1.93. The second-order valence-electron chi connectivity index (χ2n) is 4.71. The van der Waals surface area contributed by atoms with E-state index in [1.54, 1.807) is 0 Å². The molecule has 70 valence electrons. The van der Waals surface area contributed by atoms with E-state index in [0.29, 0.717) is 5.41 Å². The molecular formula is C11H26. The van der Waals surface area contributed by atoms with E-state index in [0.717, 1.165) is 0 Å². The van der Waals surface area contributed by atoms with Crippen molar-refractivity contribution in [3.8, 4) is 0 Å². The fourth-order valence-electron chi connectivity index (χ4n) is 0.500. The Labute approximate surface area is 73.4 Å². The lowest BCUT2D eigenvalue weighted by atomic mass is 10.0. The van der Waals surface area contributed by atoms with Gasteiger partial charge in [-0.2, -0.15) is 0 Å². The van der Waals surface area contributed by atoms with Gasteiger partial charge in [0.2, 0.25) is 0 Å². The van der Waals surface area contributed by atoms with Crippen LogP contribution in [0.5, 0.6) is 0 Å². The molecule has 0 radical (unpaired) electrons. The fourth-order valence-corrected chi connectivity index (χ4v) is 0.500. The van der Waals surface area contributed by atoms with Crippen LogP contribution < -0.4 is 0 Å². The zero-order valence-corrected chi connectivity index (χ0v) is 9.33. The summed E-state index contributed by atoms with van der Waals surface area (Å²) in [6, 6.07) is 0. The molecular weight excluding hydrogens is 132 g/mol. The molecule has 0 spiro atoms. The van der Waals surface area contributed by atoms with E-state index in [1.165, 1.54) is 25.7 Å². The summed E-state index contributed by atoms with van der Waals surface area (Å²) in [5, 5.41) is 0. The Morgan fingerprint density at radius 1 is 0.727 bits per heavy atom. The van der Waals surface area contributed by atoms with E-state index < -0.39 is 0 Å². The highest BCUT2D eigenvalue weighted by Crippen LogP contribution is 2.08. The highest BCUT2D eigenvalue weighted by atomic mass is 14.0. The lowest BCUT2D eigenvalue weighted by molar-refractivity contribution is 0.469. The Hall–Kier alpha value is 0. The monoisotopic (exact) mass is 158 g/mol. The predicted octanol–water partition coefficient (Wildman–Crippen LogP) is 4.64. The first-order valence-electron chi connectivity index (χ1n) is 4.91. The highest BCUT2D eigenvalue weighted by Gasteiger charge is 1.95. The summed E-state index contributed by atoms with van der Waals surface area (Å²) in [5.74, 6) is 0. The molecule has 0 bridgehead atoms. The van der Waals surface area contributed by atoms with Crippen molar-refractivity contribution in [2.24, 2.45) is 5.41 Å². The summed E-state index contributed by atoms with van der Waals surface area (Å²) in [5.41, 5.74) is 0.500. The molecule has 0 saturated carbocycles. The molecule has 0 fully saturated rings. The third-order valence-corrected chi connectivity index (χ3v) is 0.957. The van der Waals surface area contributed by atoms with Crippen LogP contribution in [0.15, 0.2) is 0 Å². The summed E-state index contributed by atoms with van der Waals surface area (Å²) in [6.45, 7) is 13.2. The molecule has 0 saturated heterocycles. The van der Waals surface area contributed by atoms with E-state index in [1.807, 2.05) is 0 Å². The fraction of sp³-hybridized carbons (Fsp3) is 1.00. The topological polar surface area (TPSA) is 0 Å². The van der Waals surface area contributed by atoms with E-state index in [9.17, 15) is 0 Å². The summed E-state index contributed by atoms with van der Waals surface area (Å²) < 4.78 is 0. The van der Waals surface area contributed by atoms with Crippen LogP contribution >= 0.6 is 0 Å². The van der Waals surface area contributed by atoms with Gasteiger partial charge in [0.1, 0.15) is 0 Å². The molecule has 0 atom stereocenters. The molecule has 0 aromatic carbocycles. The first kappa shape index (κ1) is 13.6. The van der Waals surface area contributed by atoms with Gasteiger partial charge in [-0.3, -0.25) is 0 Å². The largest absolute Gasteiger partial charge is 0.0654 e. The number of unbranched alkanes of at least 4 members (excludes halogenated alkanes) is 3. The molecule has 0 aliphatic heterocycles. The van der Waals surface area contributed by atoms with Gasteiger partial charge in [-0.15, -0.1) is 0 Å².